The number of pyridine rings is 1. The molecule has 0 aliphatic rings. The highest BCUT2D eigenvalue weighted by atomic mass is 16.6. The molecule has 2 N–H and O–H groups in total. The van der Waals surface area contributed by atoms with Crippen LogP contribution in [0.4, 0.5) is 0 Å². The number of hydrogen-bond acceptors (Lipinski definition) is 5. The standard InChI is InChI=1S/C13H20N2O3/c1-4-17-13(16)10(3)18-12-6-5-11(15-8-12)7-9(2)14/h5-6,8-10H,4,7,14H2,1-3H3. The molecule has 2 atom stereocenters. The maximum Gasteiger partial charge on any atom is 0.347 e. The summed E-state index contributed by atoms with van der Waals surface area (Å²) in [5, 5.41) is 0. The summed E-state index contributed by atoms with van der Waals surface area (Å²) in [5.74, 6) is 0.168. The van der Waals surface area contributed by atoms with Gasteiger partial charge in [0.05, 0.1) is 12.8 Å². The van der Waals surface area contributed by atoms with Crippen molar-refractivity contribution in [2.45, 2.75) is 39.3 Å². The lowest BCUT2D eigenvalue weighted by Crippen LogP contribution is -2.26. The molecule has 100 valence electrons. The van der Waals surface area contributed by atoms with E-state index in [2.05, 4.69) is 4.98 Å². The van der Waals surface area contributed by atoms with Gasteiger partial charge in [0.1, 0.15) is 5.75 Å². The van der Waals surface area contributed by atoms with Crippen LogP contribution in [0.25, 0.3) is 0 Å². The molecular formula is C13H20N2O3. The SMILES string of the molecule is CCOC(=O)C(C)Oc1ccc(CC(C)N)nc1. The van der Waals surface area contributed by atoms with Crippen molar-refractivity contribution in [3.63, 3.8) is 0 Å². The van der Waals surface area contributed by atoms with Crippen LogP contribution in [-0.2, 0) is 16.0 Å². The van der Waals surface area contributed by atoms with Crippen molar-refractivity contribution >= 4 is 5.97 Å². The predicted molar refractivity (Wildman–Crippen MR) is 68.3 cm³/mol. The molecular weight excluding hydrogens is 232 g/mol. The van der Waals surface area contributed by atoms with Crippen LogP contribution >= 0.6 is 0 Å². The molecule has 0 spiro atoms. The van der Waals surface area contributed by atoms with Gasteiger partial charge in [-0.3, -0.25) is 4.98 Å². The fourth-order valence-electron chi connectivity index (χ4n) is 1.44. The number of esters is 1. The summed E-state index contributed by atoms with van der Waals surface area (Å²) < 4.78 is 10.3. The van der Waals surface area contributed by atoms with Crippen LogP contribution in [0.2, 0.25) is 0 Å². The Hall–Kier alpha value is -1.62. The van der Waals surface area contributed by atoms with Crippen molar-refractivity contribution in [3.05, 3.63) is 24.0 Å². The molecule has 1 heterocycles. The lowest BCUT2D eigenvalue weighted by Gasteiger charge is -2.13. The van der Waals surface area contributed by atoms with E-state index in [9.17, 15) is 4.79 Å². The molecule has 0 aliphatic carbocycles. The van der Waals surface area contributed by atoms with Crippen molar-refractivity contribution in [1.82, 2.24) is 4.98 Å². The molecule has 0 saturated heterocycles. The summed E-state index contributed by atoms with van der Waals surface area (Å²) >= 11 is 0. The van der Waals surface area contributed by atoms with Gasteiger partial charge in [-0.25, -0.2) is 4.79 Å². The molecule has 0 aromatic carbocycles. The zero-order valence-electron chi connectivity index (χ0n) is 11.1. The number of nitrogens with zero attached hydrogens (tertiary/aromatic N) is 1. The van der Waals surface area contributed by atoms with E-state index in [1.807, 2.05) is 13.0 Å². The van der Waals surface area contributed by atoms with E-state index < -0.39 is 6.10 Å². The molecule has 0 radical (unpaired) electrons. The van der Waals surface area contributed by atoms with Crippen LogP contribution in [0.1, 0.15) is 26.5 Å². The highest BCUT2D eigenvalue weighted by molar-refractivity contribution is 5.74. The van der Waals surface area contributed by atoms with Crippen LogP contribution in [0.3, 0.4) is 0 Å². The molecule has 0 fully saturated rings. The Kier molecular flexibility index (Phi) is 5.58. The van der Waals surface area contributed by atoms with Crippen LogP contribution in [0.15, 0.2) is 18.3 Å². The van der Waals surface area contributed by atoms with E-state index in [-0.39, 0.29) is 12.0 Å². The first kappa shape index (κ1) is 14.4. The summed E-state index contributed by atoms with van der Waals surface area (Å²) in [4.78, 5) is 15.6. The lowest BCUT2D eigenvalue weighted by atomic mass is 10.2. The molecule has 0 aliphatic heterocycles. The van der Waals surface area contributed by atoms with Crippen LogP contribution < -0.4 is 10.5 Å². The monoisotopic (exact) mass is 252 g/mol. The maximum atomic E-state index is 11.4. The molecule has 1 rings (SSSR count). The third-order valence-electron chi connectivity index (χ3n) is 2.26. The number of aromatic nitrogens is 1. The molecule has 18 heavy (non-hydrogen) atoms. The van der Waals surface area contributed by atoms with E-state index >= 15 is 0 Å². The molecule has 1 aromatic rings. The van der Waals surface area contributed by atoms with Gasteiger partial charge in [0, 0.05) is 18.2 Å². The zero-order chi connectivity index (χ0) is 13.5. The van der Waals surface area contributed by atoms with Gasteiger partial charge in [-0.2, -0.15) is 0 Å². The van der Waals surface area contributed by atoms with Gasteiger partial charge in [0.25, 0.3) is 0 Å². The van der Waals surface area contributed by atoms with Crippen molar-refractivity contribution in [1.29, 1.82) is 0 Å². The van der Waals surface area contributed by atoms with Gasteiger partial charge in [-0.1, -0.05) is 0 Å². The minimum absolute atomic E-state index is 0.0720. The first-order chi connectivity index (χ1) is 8.52. The highest BCUT2D eigenvalue weighted by Crippen LogP contribution is 2.12. The Morgan fingerprint density at radius 1 is 1.44 bits per heavy atom. The van der Waals surface area contributed by atoms with Crippen molar-refractivity contribution in [2.24, 2.45) is 5.73 Å². The Labute approximate surface area is 107 Å². The smallest absolute Gasteiger partial charge is 0.347 e. The minimum atomic E-state index is -0.633. The largest absolute Gasteiger partial charge is 0.477 e. The summed E-state index contributed by atoms with van der Waals surface area (Å²) in [6.45, 7) is 5.68. The van der Waals surface area contributed by atoms with Crippen molar-refractivity contribution < 1.29 is 14.3 Å². The Balaban J connectivity index is 2.55. The number of carbonyl (C=O) groups is 1. The number of hydrogen-bond donors (Lipinski definition) is 1. The highest BCUT2D eigenvalue weighted by Gasteiger charge is 2.15. The summed E-state index contributed by atoms with van der Waals surface area (Å²) in [6.07, 6.45) is 1.67. The van der Waals surface area contributed by atoms with E-state index in [1.54, 1.807) is 26.1 Å². The van der Waals surface area contributed by atoms with Crippen LogP contribution in [-0.4, -0.2) is 29.7 Å². The molecule has 1 aromatic heterocycles. The first-order valence-corrected chi connectivity index (χ1v) is 6.06. The molecule has 5 nitrogen and oxygen atoms in total. The molecule has 2 unspecified atom stereocenters. The van der Waals surface area contributed by atoms with Crippen LogP contribution in [0.5, 0.6) is 5.75 Å². The predicted octanol–water partition coefficient (Wildman–Crippen LogP) is 1.30. The van der Waals surface area contributed by atoms with Gasteiger partial charge < -0.3 is 15.2 Å². The van der Waals surface area contributed by atoms with Gasteiger partial charge in [-0.15, -0.1) is 0 Å². The second kappa shape index (κ2) is 6.96. The number of carbonyl (C=O) groups excluding carboxylic acids is 1. The Morgan fingerprint density at radius 2 is 2.17 bits per heavy atom. The Bertz CT molecular complexity index is 376. The van der Waals surface area contributed by atoms with Gasteiger partial charge in [0.15, 0.2) is 6.10 Å². The van der Waals surface area contributed by atoms with Crippen molar-refractivity contribution in [3.8, 4) is 5.75 Å². The fraction of sp³-hybridized carbons (Fsp3) is 0.538. The average molecular weight is 252 g/mol. The maximum absolute atomic E-state index is 11.4. The van der Waals surface area contributed by atoms with Crippen molar-refractivity contribution in [2.75, 3.05) is 6.61 Å². The second-order valence-electron chi connectivity index (χ2n) is 4.18. The lowest BCUT2D eigenvalue weighted by molar-refractivity contribution is -0.150. The van der Waals surface area contributed by atoms with Gasteiger partial charge in [0.2, 0.25) is 0 Å². The van der Waals surface area contributed by atoms with E-state index in [1.165, 1.54) is 0 Å². The first-order valence-electron chi connectivity index (χ1n) is 6.06. The second-order valence-corrected chi connectivity index (χ2v) is 4.18. The summed E-state index contributed by atoms with van der Waals surface area (Å²) in [6, 6.07) is 3.69. The van der Waals surface area contributed by atoms with Gasteiger partial charge >= 0.3 is 5.97 Å². The molecule has 5 heteroatoms. The quantitative estimate of drug-likeness (QED) is 0.772. The normalized spacial score (nSPS) is 13.8. The summed E-state index contributed by atoms with van der Waals surface area (Å²) in [5.41, 5.74) is 6.59. The molecule has 0 bridgehead atoms. The van der Waals surface area contributed by atoms with E-state index in [0.29, 0.717) is 18.8 Å². The zero-order valence-corrected chi connectivity index (χ0v) is 11.1. The van der Waals surface area contributed by atoms with E-state index in [0.717, 1.165) is 5.69 Å². The van der Waals surface area contributed by atoms with E-state index in [4.69, 9.17) is 15.2 Å². The van der Waals surface area contributed by atoms with Gasteiger partial charge in [-0.05, 0) is 32.9 Å². The number of rotatable bonds is 6. The Morgan fingerprint density at radius 3 is 2.67 bits per heavy atom. The van der Waals surface area contributed by atoms with Crippen LogP contribution in [0, 0.1) is 0 Å². The summed E-state index contributed by atoms with van der Waals surface area (Å²) in [7, 11) is 0. The average Bonchev–Trinajstić information content (AvgIpc) is 2.31. The topological polar surface area (TPSA) is 74.4 Å². The third-order valence-corrected chi connectivity index (χ3v) is 2.26. The number of nitrogens with two attached hydrogens (primary N) is 1. The minimum Gasteiger partial charge on any atom is -0.477 e. The molecule has 0 saturated carbocycles. The fourth-order valence-corrected chi connectivity index (χ4v) is 1.44. The third kappa shape index (κ3) is 4.71. The molecule has 0 amide bonds. The number of ether oxygens (including phenoxy) is 2.